The number of amides is 2. The van der Waals surface area contributed by atoms with Gasteiger partial charge in [-0.05, 0) is 43.8 Å². The number of nitrogens with two attached hydrogens (primary N) is 1. The Hall–Kier alpha value is -2.66. The molecule has 0 fully saturated rings. The molecule has 0 saturated carbocycles. The van der Waals surface area contributed by atoms with Gasteiger partial charge in [0, 0.05) is 5.69 Å². The molecular weight excluding hydrogens is 302 g/mol. The number of carbonyl (C=O) groups is 2. The van der Waals surface area contributed by atoms with E-state index < -0.39 is 0 Å². The molecule has 0 aromatic heterocycles. The summed E-state index contributed by atoms with van der Waals surface area (Å²) in [6, 6.07) is 16.8. The van der Waals surface area contributed by atoms with Crippen molar-refractivity contribution < 1.29 is 9.59 Å². The summed E-state index contributed by atoms with van der Waals surface area (Å²) >= 11 is 0. The third-order valence-electron chi connectivity index (χ3n) is 3.80. The second-order valence-corrected chi connectivity index (χ2v) is 6.00. The van der Waals surface area contributed by atoms with Crippen LogP contribution in [0, 0.1) is 0 Å². The number of nitrogens with one attached hydrogen (secondary N) is 1. The highest BCUT2D eigenvalue weighted by molar-refractivity contribution is 5.95. The van der Waals surface area contributed by atoms with E-state index in [0.717, 1.165) is 11.1 Å². The van der Waals surface area contributed by atoms with Gasteiger partial charge in [-0.1, -0.05) is 42.5 Å². The first-order valence-electron chi connectivity index (χ1n) is 7.84. The molecule has 3 N–H and O–H groups in total. The predicted octanol–water partition coefficient (Wildman–Crippen LogP) is 1.83. The Morgan fingerprint density at radius 2 is 1.62 bits per heavy atom. The Morgan fingerprint density at radius 1 is 1.00 bits per heavy atom. The zero-order valence-corrected chi connectivity index (χ0v) is 14.0. The molecule has 0 heterocycles. The molecule has 1 atom stereocenters. The molecule has 126 valence electrons. The third-order valence-corrected chi connectivity index (χ3v) is 3.80. The number of hydrogen-bond acceptors (Lipinski definition) is 3. The molecule has 2 aromatic carbocycles. The number of hydrogen-bond donors (Lipinski definition) is 2. The van der Waals surface area contributed by atoms with E-state index in [4.69, 9.17) is 5.73 Å². The molecule has 0 aliphatic carbocycles. The van der Waals surface area contributed by atoms with Gasteiger partial charge in [-0.15, -0.1) is 0 Å². The van der Waals surface area contributed by atoms with Crippen molar-refractivity contribution in [2.24, 2.45) is 5.73 Å². The zero-order valence-electron chi connectivity index (χ0n) is 14.0. The number of primary amides is 1. The summed E-state index contributed by atoms with van der Waals surface area (Å²) in [7, 11) is 3.78. The van der Waals surface area contributed by atoms with Gasteiger partial charge < -0.3 is 11.1 Å². The summed E-state index contributed by atoms with van der Waals surface area (Å²) < 4.78 is 0. The topological polar surface area (TPSA) is 75.4 Å². The normalized spacial score (nSPS) is 12.0. The van der Waals surface area contributed by atoms with Crippen molar-refractivity contribution in [2.45, 2.75) is 18.9 Å². The molecule has 0 unspecified atom stereocenters. The van der Waals surface area contributed by atoms with Crippen LogP contribution in [-0.4, -0.2) is 36.9 Å². The summed E-state index contributed by atoms with van der Waals surface area (Å²) in [4.78, 5) is 25.4. The van der Waals surface area contributed by atoms with Gasteiger partial charge >= 0.3 is 0 Å². The molecule has 2 rings (SSSR count). The van der Waals surface area contributed by atoms with Crippen LogP contribution >= 0.6 is 0 Å². The first-order chi connectivity index (χ1) is 11.5. The number of anilines is 1. The second-order valence-electron chi connectivity index (χ2n) is 6.00. The van der Waals surface area contributed by atoms with Gasteiger partial charge in [0.15, 0.2) is 0 Å². The van der Waals surface area contributed by atoms with E-state index in [9.17, 15) is 9.59 Å². The lowest BCUT2D eigenvalue weighted by molar-refractivity contribution is -0.120. The minimum absolute atomic E-state index is 0.0634. The van der Waals surface area contributed by atoms with Gasteiger partial charge in [0.05, 0.1) is 12.5 Å². The van der Waals surface area contributed by atoms with Crippen LogP contribution in [0.25, 0.3) is 0 Å². The zero-order chi connectivity index (χ0) is 17.5. The van der Waals surface area contributed by atoms with Gasteiger partial charge in [0.1, 0.15) is 0 Å². The largest absolute Gasteiger partial charge is 0.369 e. The number of rotatable bonds is 7. The Labute approximate surface area is 142 Å². The smallest absolute Gasteiger partial charge is 0.242 e. The van der Waals surface area contributed by atoms with Gasteiger partial charge in [-0.25, -0.2) is 0 Å². The highest BCUT2D eigenvalue weighted by Gasteiger charge is 2.21. The van der Waals surface area contributed by atoms with Crippen molar-refractivity contribution in [3.63, 3.8) is 0 Å². The van der Waals surface area contributed by atoms with Crippen LogP contribution in [0.4, 0.5) is 5.69 Å². The van der Waals surface area contributed by atoms with Crippen LogP contribution in [-0.2, 0) is 22.4 Å². The van der Waals surface area contributed by atoms with E-state index in [1.807, 2.05) is 49.3 Å². The Morgan fingerprint density at radius 3 is 2.17 bits per heavy atom. The van der Waals surface area contributed by atoms with E-state index >= 15 is 0 Å². The number of nitrogens with zero attached hydrogens (tertiary/aromatic N) is 1. The summed E-state index contributed by atoms with van der Waals surface area (Å²) in [5, 5.41) is 2.93. The molecule has 0 aliphatic rings. The SMILES string of the molecule is CN(C)[C@H](Cc1ccccc1)C(=O)Nc1ccc(CC(N)=O)cc1. The summed E-state index contributed by atoms with van der Waals surface area (Å²) in [5.74, 6) is -0.436. The molecule has 0 bridgehead atoms. The molecule has 5 heteroatoms. The Bertz CT molecular complexity index is 682. The van der Waals surface area contributed by atoms with Crippen molar-refractivity contribution in [2.75, 3.05) is 19.4 Å². The van der Waals surface area contributed by atoms with Crippen molar-refractivity contribution in [1.82, 2.24) is 4.90 Å². The molecule has 2 amide bonds. The average Bonchev–Trinajstić information content (AvgIpc) is 2.54. The lowest BCUT2D eigenvalue weighted by atomic mass is 10.0. The molecule has 24 heavy (non-hydrogen) atoms. The molecule has 0 spiro atoms. The quantitative estimate of drug-likeness (QED) is 0.815. The van der Waals surface area contributed by atoms with Gasteiger partial charge in [-0.3, -0.25) is 14.5 Å². The summed E-state index contributed by atoms with van der Waals surface area (Å²) in [5.41, 5.74) is 7.82. The first-order valence-corrected chi connectivity index (χ1v) is 7.84. The molecule has 0 radical (unpaired) electrons. The number of likely N-dealkylation sites (N-methyl/N-ethyl adjacent to an activating group) is 1. The van der Waals surface area contributed by atoms with E-state index in [1.165, 1.54) is 0 Å². The average molecular weight is 325 g/mol. The van der Waals surface area contributed by atoms with E-state index in [1.54, 1.807) is 24.3 Å². The summed E-state index contributed by atoms with van der Waals surface area (Å²) in [6.45, 7) is 0. The standard InChI is InChI=1S/C19H23N3O2/c1-22(2)17(12-14-6-4-3-5-7-14)19(24)21-16-10-8-15(9-11-16)13-18(20)23/h3-11,17H,12-13H2,1-2H3,(H2,20,23)(H,21,24)/t17-/m1/s1. The third kappa shape index (κ3) is 5.21. The van der Waals surface area contributed by atoms with Crippen LogP contribution in [0.5, 0.6) is 0 Å². The molecular formula is C19H23N3O2. The lowest BCUT2D eigenvalue weighted by Crippen LogP contribution is -2.41. The van der Waals surface area contributed by atoms with Gasteiger partial charge in [0.2, 0.25) is 11.8 Å². The monoisotopic (exact) mass is 325 g/mol. The van der Waals surface area contributed by atoms with Crippen LogP contribution < -0.4 is 11.1 Å². The predicted molar refractivity (Wildman–Crippen MR) is 95.6 cm³/mol. The van der Waals surface area contributed by atoms with Crippen molar-refractivity contribution >= 4 is 17.5 Å². The van der Waals surface area contributed by atoms with E-state index in [-0.39, 0.29) is 24.3 Å². The second kappa shape index (κ2) is 8.26. The molecule has 0 aliphatic heterocycles. The fourth-order valence-electron chi connectivity index (χ4n) is 2.48. The maximum Gasteiger partial charge on any atom is 0.242 e. The fourth-order valence-corrected chi connectivity index (χ4v) is 2.48. The van der Waals surface area contributed by atoms with Crippen LogP contribution in [0.2, 0.25) is 0 Å². The van der Waals surface area contributed by atoms with E-state index in [0.29, 0.717) is 12.1 Å². The van der Waals surface area contributed by atoms with Crippen molar-refractivity contribution in [1.29, 1.82) is 0 Å². The minimum atomic E-state index is -0.373. The minimum Gasteiger partial charge on any atom is -0.369 e. The van der Waals surface area contributed by atoms with Crippen molar-refractivity contribution in [3.8, 4) is 0 Å². The van der Waals surface area contributed by atoms with Crippen molar-refractivity contribution in [3.05, 3.63) is 65.7 Å². The van der Waals surface area contributed by atoms with Crippen LogP contribution in [0.3, 0.4) is 0 Å². The number of carbonyl (C=O) groups excluding carboxylic acids is 2. The maximum atomic E-state index is 12.6. The molecule has 5 nitrogen and oxygen atoms in total. The highest BCUT2D eigenvalue weighted by Crippen LogP contribution is 2.13. The van der Waals surface area contributed by atoms with E-state index in [2.05, 4.69) is 5.32 Å². The first kappa shape index (κ1) is 17.7. The van der Waals surface area contributed by atoms with Crippen LogP contribution in [0.15, 0.2) is 54.6 Å². The molecule has 0 saturated heterocycles. The maximum absolute atomic E-state index is 12.6. The fraction of sp³-hybridized carbons (Fsp3) is 0.263. The summed E-state index contributed by atoms with van der Waals surface area (Å²) in [6.07, 6.45) is 0.835. The van der Waals surface area contributed by atoms with Crippen LogP contribution in [0.1, 0.15) is 11.1 Å². The lowest BCUT2D eigenvalue weighted by Gasteiger charge is -2.23. The van der Waals surface area contributed by atoms with Gasteiger partial charge in [-0.2, -0.15) is 0 Å². The van der Waals surface area contributed by atoms with Gasteiger partial charge in [0.25, 0.3) is 0 Å². The Balaban J connectivity index is 2.03. The number of benzene rings is 2. The Kier molecular flexibility index (Phi) is 6.09. The molecule has 2 aromatic rings. The highest BCUT2D eigenvalue weighted by atomic mass is 16.2.